The molecule has 2 aromatic heterocycles. The lowest BCUT2D eigenvalue weighted by Crippen LogP contribution is -2.32. The number of fused-ring (bicyclic) bond motifs is 1. The predicted octanol–water partition coefficient (Wildman–Crippen LogP) is 3.33. The van der Waals surface area contributed by atoms with Crippen LogP contribution in [0.3, 0.4) is 0 Å². The molecule has 0 radical (unpaired) electrons. The monoisotopic (exact) mass is 382 g/mol. The minimum absolute atomic E-state index is 0.121. The van der Waals surface area contributed by atoms with E-state index < -0.39 is 0 Å². The van der Waals surface area contributed by atoms with Crippen LogP contribution >= 0.6 is 12.2 Å². The Bertz CT molecular complexity index is 1080. The molecule has 1 aromatic carbocycles. The van der Waals surface area contributed by atoms with E-state index in [4.69, 9.17) is 12.2 Å². The summed E-state index contributed by atoms with van der Waals surface area (Å²) in [6, 6.07) is 9.02. The van der Waals surface area contributed by atoms with Crippen molar-refractivity contribution in [3.8, 4) is 11.4 Å². The molecule has 0 amide bonds. The zero-order chi connectivity index (χ0) is 19.1. The minimum atomic E-state index is -0.359. The average Bonchev–Trinajstić information content (AvgIpc) is 3.13. The minimum Gasteiger partial charge on any atom is -0.349 e. The zero-order valence-corrected chi connectivity index (χ0v) is 15.8. The molecule has 0 saturated heterocycles. The number of nitro benzene ring substituents is 1. The molecule has 1 unspecified atom stereocenters. The Labute approximate surface area is 160 Å². The highest BCUT2D eigenvalue weighted by Crippen LogP contribution is 2.35. The smallest absolute Gasteiger partial charge is 0.269 e. The number of nitro groups is 1. The third-order valence-electron chi connectivity index (χ3n) is 4.88. The number of benzene rings is 1. The van der Waals surface area contributed by atoms with Crippen molar-refractivity contribution in [3.05, 3.63) is 63.2 Å². The fourth-order valence-corrected chi connectivity index (χ4v) is 3.67. The third-order valence-corrected chi connectivity index (χ3v) is 5.36. The first-order valence-electron chi connectivity index (χ1n) is 8.54. The maximum Gasteiger partial charge on any atom is 0.269 e. The van der Waals surface area contributed by atoms with E-state index in [1.807, 2.05) is 29.8 Å². The number of aromatic nitrogens is 4. The number of hydrogen-bond acceptors (Lipinski definition) is 6. The van der Waals surface area contributed by atoms with E-state index in [0.717, 1.165) is 29.1 Å². The second-order valence-electron chi connectivity index (χ2n) is 6.64. The highest BCUT2D eigenvalue weighted by atomic mass is 32.1. The van der Waals surface area contributed by atoms with Gasteiger partial charge in [0.05, 0.1) is 4.92 Å². The number of hydrogen-bond donors (Lipinski definition) is 0. The molecule has 4 rings (SSSR count). The summed E-state index contributed by atoms with van der Waals surface area (Å²) in [7, 11) is 1.89. The van der Waals surface area contributed by atoms with Gasteiger partial charge in [-0.3, -0.25) is 15.1 Å². The maximum absolute atomic E-state index is 11.0. The van der Waals surface area contributed by atoms with Crippen LogP contribution in [0.15, 0.2) is 42.7 Å². The van der Waals surface area contributed by atoms with Crippen molar-refractivity contribution in [1.29, 1.82) is 0 Å². The number of pyridine rings is 1. The number of anilines is 1. The fourth-order valence-electron chi connectivity index (χ4n) is 3.48. The first kappa shape index (κ1) is 17.3. The molecule has 0 N–H and O–H groups in total. The molecule has 9 heteroatoms. The average molecular weight is 382 g/mol. The van der Waals surface area contributed by atoms with Gasteiger partial charge in [0.2, 0.25) is 0 Å². The van der Waals surface area contributed by atoms with Crippen LogP contribution in [0.5, 0.6) is 0 Å². The van der Waals surface area contributed by atoms with Crippen LogP contribution < -0.4 is 4.90 Å². The second-order valence-corrected chi connectivity index (χ2v) is 7.01. The molecule has 3 aromatic rings. The summed E-state index contributed by atoms with van der Waals surface area (Å²) in [6.07, 6.45) is 4.23. The van der Waals surface area contributed by atoms with Gasteiger partial charge in [-0.2, -0.15) is 0 Å². The second kappa shape index (κ2) is 6.58. The lowest BCUT2D eigenvalue weighted by Gasteiger charge is -2.24. The summed E-state index contributed by atoms with van der Waals surface area (Å²) in [5, 5.41) is 15.7. The van der Waals surface area contributed by atoms with Crippen LogP contribution in [0, 0.1) is 14.9 Å². The van der Waals surface area contributed by atoms with Crippen LogP contribution in [0.1, 0.15) is 12.5 Å². The Hall–Kier alpha value is -3.07. The van der Waals surface area contributed by atoms with Crippen molar-refractivity contribution >= 4 is 23.6 Å². The molecular formula is C18H18N6O2S. The van der Waals surface area contributed by atoms with Gasteiger partial charge in [0.25, 0.3) is 5.69 Å². The van der Waals surface area contributed by atoms with Gasteiger partial charge in [-0.1, -0.05) is 0 Å². The van der Waals surface area contributed by atoms with E-state index >= 15 is 0 Å². The summed E-state index contributed by atoms with van der Waals surface area (Å²) >= 11 is 5.57. The van der Waals surface area contributed by atoms with Crippen LogP contribution in [0.2, 0.25) is 0 Å². The van der Waals surface area contributed by atoms with Gasteiger partial charge in [0, 0.05) is 48.9 Å². The molecule has 27 heavy (non-hydrogen) atoms. The van der Waals surface area contributed by atoms with Crippen molar-refractivity contribution in [3.63, 3.8) is 0 Å². The molecule has 0 spiro atoms. The third kappa shape index (κ3) is 2.99. The predicted molar refractivity (Wildman–Crippen MR) is 104 cm³/mol. The Kier molecular flexibility index (Phi) is 4.23. The highest BCUT2D eigenvalue weighted by molar-refractivity contribution is 7.71. The Morgan fingerprint density at radius 1 is 1.37 bits per heavy atom. The summed E-state index contributed by atoms with van der Waals surface area (Å²) in [5.74, 6) is 0.754. The highest BCUT2D eigenvalue weighted by Gasteiger charge is 2.28. The van der Waals surface area contributed by atoms with Crippen molar-refractivity contribution < 1.29 is 4.92 Å². The Morgan fingerprint density at radius 3 is 2.89 bits per heavy atom. The summed E-state index contributed by atoms with van der Waals surface area (Å²) < 4.78 is 4.26. The van der Waals surface area contributed by atoms with Gasteiger partial charge in [-0.05, 0) is 49.3 Å². The molecule has 0 saturated carbocycles. The van der Waals surface area contributed by atoms with Crippen molar-refractivity contribution in [2.75, 3.05) is 4.90 Å². The van der Waals surface area contributed by atoms with E-state index in [1.54, 1.807) is 29.2 Å². The summed E-state index contributed by atoms with van der Waals surface area (Å²) in [5.41, 5.74) is 2.99. The summed E-state index contributed by atoms with van der Waals surface area (Å²) in [6.45, 7) is 2.58. The first-order chi connectivity index (χ1) is 13.0. The van der Waals surface area contributed by atoms with E-state index in [1.165, 1.54) is 0 Å². The van der Waals surface area contributed by atoms with E-state index in [2.05, 4.69) is 21.9 Å². The van der Waals surface area contributed by atoms with Crippen molar-refractivity contribution in [2.24, 2.45) is 7.05 Å². The van der Waals surface area contributed by atoms with E-state index in [0.29, 0.717) is 11.4 Å². The lowest BCUT2D eigenvalue weighted by molar-refractivity contribution is -0.384. The van der Waals surface area contributed by atoms with Crippen LogP contribution in [-0.2, 0) is 20.1 Å². The molecule has 138 valence electrons. The van der Waals surface area contributed by atoms with Crippen LogP contribution in [-0.4, -0.2) is 30.3 Å². The van der Waals surface area contributed by atoms with E-state index in [-0.39, 0.29) is 16.7 Å². The molecule has 3 heterocycles. The molecule has 1 aliphatic rings. The van der Waals surface area contributed by atoms with Crippen LogP contribution in [0.25, 0.3) is 11.4 Å². The number of rotatable bonds is 4. The van der Waals surface area contributed by atoms with Gasteiger partial charge in [0.15, 0.2) is 10.6 Å². The topological polar surface area (TPSA) is 82.0 Å². The molecule has 1 atom stereocenters. The van der Waals surface area contributed by atoms with Gasteiger partial charge in [0.1, 0.15) is 6.67 Å². The number of nitrogens with zero attached hydrogens (tertiary/aromatic N) is 6. The van der Waals surface area contributed by atoms with Gasteiger partial charge in [-0.25, -0.2) is 4.68 Å². The molecule has 8 nitrogen and oxygen atoms in total. The van der Waals surface area contributed by atoms with E-state index in [9.17, 15) is 10.1 Å². The summed E-state index contributed by atoms with van der Waals surface area (Å²) in [4.78, 5) is 17.0. The Morgan fingerprint density at radius 2 is 2.19 bits per heavy atom. The molecule has 0 bridgehead atoms. The normalized spacial score (nSPS) is 15.8. The van der Waals surface area contributed by atoms with Crippen molar-refractivity contribution in [1.82, 2.24) is 19.3 Å². The molecular weight excluding hydrogens is 364 g/mol. The molecule has 0 fully saturated rings. The standard InChI is InChI=1S/C18H18N6O2S/c1-12-8-14-9-15(24(25)26)5-6-16(14)22(12)11-23-18(27)21(2)17(20-23)13-4-3-7-19-10-13/h3-7,9-10,12H,8,11H2,1-2H3. The molecule has 0 aliphatic carbocycles. The zero-order valence-electron chi connectivity index (χ0n) is 14.9. The lowest BCUT2D eigenvalue weighted by atomic mass is 10.1. The first-order valence-corrected chi connectivity index (χ1v) is 8.94. The maximum atomic E-state index is 11.0. The van der Waals surface area contributed by atoms with Crippen molar-refractivity contribution in [2.45, 2.75) is 26.1 Å². The SMILES string of the molecule is CC1Cc2cc([N+](=O)[O-])ccc2N1Cn1nc(-c2cccnc2)n(C)c1=S. The van der Waals surface area contributed by atoms with Gasteiger partial charge < -0.3 is 9.47 Å². The fraction of sp³-hybridized carbons (Fsp3) is 0.278. The Balaban J connectivity index is 1.68. The number of non-ortho nitro benzene ring substituents is 1. The largest absolute Gasteiger partial charge is 0.349 e. The quantitative estimate of drug-likeness (QED) is 0.391. The van der Waals surface area contributed by atoms with Gasteiger partial charge in [-0.15, -0.1) is 5.10 Å². The van der Waals surface area contributed by atoms with Crippen LogP contribution in [0.4, 0.5) is 11.4 Å². The van der Waals surface area contributed by atoms with Gasteiger partial charge >= 0.3 is 0 Å². The molecule has 1 aliphatic heterocycles.